The number of nitrogens with two attached hydrogens (primary N) is 1. The molecule has 1 heterocycles. The Morgan fingerprint density at radius 3 is 2.71 bits per heavy atom. The molecule has 2 amide bonds. The van der Waals surface area contributed by atoms with Gasteiger partial charge in [0, 0.05) is 15.8 Å². The molecule has 0 bridgehead atoms. The average molecular weight is 417 g/mol. The van der Waals surface area contributed by atoms with Gasteiger partial charge in [0.2, 0.25) is 0 Å². The lowest BCUT2D eigenvalue weighted by Gasteiger charge is -2.12. The maximum Gasteiger partial charge on any atom is 0.332 e. The number of aryl methyl sites for hydroxylation is 1. The standard InChI is InChI=1S/C20H20N2O4S2/c1-12(26-16(23)10-11-27-13-6-3-2-4-7-13)19(25)22-20-17(18(21)24)14-8-5-9-15(14)28-20/h2-4,6-7,10-12H,5,8-9H2,1H3,(H2,21,24)(H,22,25)/b11-10+/t12-/m0/s1. The van der Waals surface area contributed by atoms with Gasteiger partial charge in [-0.15, -0.1) is 11.3 Å². The summed E-state index contributed by atoms with van der Waals surface area (Å²) in [5.74, 6) is -1.67. The van der Waals surface area contributed by atoms with E-state index in [0.717, 1.165) is 34.6 Å². The van der Waals surface area contributed by atoms with Crippen LogP contribution in [0.4, 0.5) is 5.00 Å². The minimum atomic E-state index is -1.00. The molecule has 0 radical (unpaired) electrons. The van der Waals surface area contributed by atoms with Gasteiger partial charge in [0.15, 0.2) is 6.10 Å². The molecule has 1 aliphatic rings. The molecule has 0 unspecified atom stereocenters. The summed E-state index contributed by atoms with van der Waals surface area (Å²) in [6, 6.07) is 9.56. The number of benzene rings is 1. The Balaban J connectivity index is 1.56. The monoisotopic (exact) mass is 416 g/mol. The smallest absolute Gasteiger partial charge is 0.332 e. The van der Waals surface area contributed by atoms with E-state index in [2.05, 4.69) is 5.32 Å². The first kappa shape index (κ1) is 20.2. The third-order valence-electron chi connectivity index (χ3n) is 4.22. The number of thiophene rings is 1. The normalized spacial score (nSPS) is 13.9. The molecular weight excluding hydrogens is 396 g/mol. The zero-order valence-electron chi connectivity index (χ0n) is 15.3. The number of primary amides is 1. The maximum absolute atomic E-state index is 12.4. The van der Waals surface area contributed by atoms with Gasteiger partial charge in [-0.1, -0.05) is 30.0 Å². The summed E-state index contributed by atoms with van der Waals surface area (Å²) >= 11 is 2.74. The first-order valence-corrected chi connectivity index (χ1v) is 10.5. The Kier molecular flexibility index (Phi) is 6.53. The van der Waals surface area contributed by atoms with Crippen molar-refractivity contribution in [3.05, 3.63) is 57.8 Å². The SMILES string of the molecule is C[C@H](OC(=O)/C=C/Sc1ccccc1)C(=O)Nc1sc2c(c1C(N)=O)CCC2. The zero-order valence-corrected chi connectivity index (χ0v) is 16.9. The van der Waals surface area contributed by atoms with Crippen molar-refractivity contribution >= 4 is 45.9 Å². The van der Waals surface area contributed by atoms with Crippen LogP contribution in [-0.4, -0.2) is 23.9 Å². The number of nitrogens with one attached hydrogen (secondary N) is 1. The van der Waals surface area contributed by atoms with E-state index in [-0.39, 0.29) is 0 Å². The highest BCUT2D eigenvalue weighted by Gasteiger charge is 2.27. The highest BCUT2D eigenvalue weighted by molar-refractivity contribution is 8.02. The molecule has 0 spiro atoms. The van der Waals surface area contributed by atoms with Gasteiger partial charge in [-0.3, -0.25) is 9.59 Å². The van der Waals surface area contributed by atoms with Crippen molar-refractivity contribution in [2.45, 2.75) is 37.2 Å². The summed E-state index contributed by atoms with van der Waals surface area (Å²) < 4.78 is 5.14. The number of amides is 2. The number of rotatable bonds is 7. The van der Waals surface area contributed by atoms with E-state index < -0.39 is 23.9 Å². The van der Waals surface area contributed by atoms with E-state index in [9.17, 15) is 14.4 Å². The number of thioether (sulfide) groups is 1. The summed E-state index contributed by atoms with van der Waals surface area (Å²) in [6.07, 6.45) is 2.92. The molecule has 1 aromatic carbocycles. The predicted molar refractivity (Wildman–Crippen MR) is 110 cm³/mol. The van der Waals surface area contributed by atoms with Gasteiger partial charge in [-0.05, 0) is 49.3 Å². The molecule has 28 heavy (non-hydrogen) atoms. The van der Waals surface area contributed by atoms with Crippen molar-refractivity contribution < 1.29 is 19.1 Å². The predicted octanol–water partition coefficient (Wildman–Crippen LogP) is 3.51. The maximum atomic E-state index is 12.4. The van der Waals surface area contributed by atoms with Crippen molar-refractivity contribution in [2.75, 3.05) is 5.32 Å². The van der Waals surface area contributed by atoms with E-state index in [0.29, 0.717) is 10.6 Å². The highest BCUT2D eigenvalue weighted by atomic mass is 32.2. The molecule has 3 N–H and O–H groups in total. The first-order valence-electron chi connectivity index (χ1n) is 8.79. The lowest BCUT2D eigenvalue weighted by molar-refractivity contribution is -0.148. The van der Waals surface area contributed by atoms with Gasteiger partial charge in [0.1, 0.15) is 5.00 Å². The Hall–Kier alpha value is -2.58. The number of anilines is 1. The summed E-state index contributed by atoms with van der Waals surface area (Å²) in [5, 5.41) is 4.72. The van der Waals surface area contributed by atoms with Crippen molar-refractivity contribution in [3.8, 4) is 0 Å². The van der Waals surface area contributed by atoms with Crippen LogP contribution in [-0.2, 0) is 27.2 Å². The van der Waals surface area contributed by atoms with Crippen molar-refractivity contribution in [3.63, 3.8) is 0 Å². The van der Waals surface area contributed by atoms with Crippen molar-refractivity contribution in [1.29, 1.82) is 0 Å². The molecule has 1 aromatic heterocycles. The Labute approximate surface area is 171 Å². The number of hydrogen-bond donors (Lipinski definition) is 2. The molecule has 8 heteroatoms. The second-order valence-electron chi connectivity index (χ2n) is 6.23. The largest absolute Gasteiger partial charge is 0.449 e. The fraction of sp³-hybridized carbons (Fsp3) is 0.250. The van der Waals surface area contributed by atoms with Gasteiger partial charge in [-0.2, -0.15) is 0 Å². The minimum absolute atomic E-state index is 0.378. The zero-order chi connectivity index (χ0) is 20.1. The van der Waals surface area contributed by atoms with E-state index in [1.54, 1.807) is 5.41 Å². The molecule has 146 valence electrons. The number of carbonyl (C=O) groups is 3. The second-order valence-corrected chi connectivity index (χ2v) is 8.31. The van der Waals surface area contributed by atoms with Gasteiger partial charge in [-0.25, -0.2) is 4.79 Å². The fourth-order valence-corrected chi connectivity index (χ4v) is 4.85. The third-order valence-corrected chi connectivity index (χ3v) is 6.24. The first-order chi connectivity index (χ1) is 13.5. The topological polar surface area (TPSA) is 98.5 Å². The molecule has 6 nitrogen and oxygen atoms in total. The van der Waals surface area contributed by atoms with Gasteiger partial charge in [0.05, 0.1) is 5.56 Å². The molecular formula is C20H20N2O4S2. The number of ether oxygens (including phenoxy) is 1. The quantitative estimate of drug-likeness (QED) is 0.409. The summed E-state index contributed by atoms with van der Waals surface area (Å²) in [6.45, 7) is 1.48. The van der Waals surface area contributed by atoms with Crippen LogP contribution in [0.2, 0.25) is 0 Å². The molecule has 3 rings (SSSR count). The lowest BCUT2D eigenvalue weighted by Crippen LogP contribution is -2.30. The highest BCUT2D eigenvalue weighted by Crippen LogP contribution is 2.38. The molecule has 0 saturated heterocycles. The third kappa shape index (κ3) is 4.82. The summed E-state index contributed by atoms with van der Waals surface area (Å²) in [4.78, 5) is 38.2. The lowest BCUT2D eigenvalue weighted by atomic mass is 10.1. The van der Waals surface area contributed by atoms with Crippen LogP contribution in [0, 0.1) is 0 Å². The fourth-order valence-electron chi connectivity index (χ4n) is 2.90. The molecule has 1 aliphatic carbocycles. The number of carbonyl (C=O) groups excluding carboxylic acids is 3. The summed E-state index contributed by atoms with van der Waals surface area (Å²) in [5.41, 5.74) is 6.79. The van der Waals surface area contributed by atoms with Gasteiger partial charge < -0.3 is 15.8 Å². The van der Waals surface area contributed by atoms with Crippen LogP contribution >= 0.6 is 23.1 Å². The Morgan fingerprint density at radius 2 is 2.00 bits per heavy atom. The van der Waals surface area contributed by atoms with Crippen LogP contribution in [0.5, 0.6) is 0 Å². The van der Waals surface area contributed by atoms with E-state index in [1.165, 1.54) is 36.1 Å². The number of hydrogen-bond acceptors (Lipinski definition) is 6. The van der Waals surface area contributed by atoms with E-state index >= 15 is 0 Å². The molecule has 2 aromatic rings. The molecule has 0 aliphatic heterocycles. The van der Waals surface area contributed by atoms with Crippen LogP contribution in [0.15, 0.2) is 46.7 Å². The van der Waals surface area contributed by atoms with Gasteiger partial charge in [0.25, 0.3) is 11.8 Å². The van der Waals surface area contributed by atoms with E-state index in [1.807, 2.05) is 30.3 Å². The molecule has 0 fully saturated rings. The number of fused-ring (bicyclic) bond motifs is 1. The molecule has 0 saturated carbocycles. The van der Waals surface area contributed by atoms with Gasteiger partial charge >= 0.3 is 5.97 Å². The average Bonchev–Trinajstić information content (AvgIpc) is 3.22. The Morgan fingerprint density at radius 1 is 1.25 bits per heavy atom. The van der Waals surface area contributed by atoms with Crippen LogP contribution < -0.4 is 11.1 Å². The van der Waals surface area contributed by atoms with E-state index in [4.69, 9.17) is 10.5 Å². The second kappa shape index (κ2) is 9.07. The van der Waals surface area contributed by atoms with Crippen molar-refractivity contribution in [2.24, 2.45) is 5.73 Å². The van der Waals surface area contributed by atoms with Crippen LogP contribution in [0.25, 0.3) is 0 Å². The van der Waals surface area contributed by atoms with Crippen molar-refractivity contribution in [1.82, 2.24) is 0 Å². The molecule has 1 atom stereocenters. The minimum Gasteiger partial charge on any atom is -0.449 e. The van der Waals surface area contributed by atoms with Crippen LogP contribution in [0.1, 0.15) is 34.1 Å². The Bertz CT molecular complexity index is 922. The van der Waals surface area contributed by atoms with Crippen LogP contribution in [0.3, 0.4) is 0 Å². The summed E-state index contributed by atoms with van der Waals surface area (Å²) in [7, 11) is 0. The number of esters is 1.